The monoisotopic (exact) mass is 662 g/mol. The van der Waals surface area contributed by atoms with Crippen LogP contribution in [0.25, 0.3) is 0 Å². The summed E-state index contributed by atoms with van der Waals surface area (Å²) in [5.74, 6) is 0.512. The Morgan fingerprint density at radius 1 is 1.04 bits per heavy atom. The van der Waals surface area contributed by atoms with Crippen LogP contribution in [0.2, 0.25) is 37.8 Å². The van der Waals surface area contributed by atoms with Crippen molar-refractivity contribution in [3.05, 3.63) is 41.1 Å². The highest BCUT2D eigenvalue weighted by molar-refractivity contribution is 6.83. The first kappa shape index (κ1) is 38.4. The number of benzene rings is 1. The molecule has 3 rings (SSSR count). The molecule has 0 radical (unpaired) electrons. The highest BCUT2D eigenvalue weighted by atomic mass is 28.4. The maximum Gasteiger partial charge on any atom is 0.192 e. The molecular weight excluding hydrogens is 597 g/mol. The van der Waals surface area contributed by atoms with Crippen LogP contribution in [0.5, 0.6) is 5.75 Å². The van der Waals surface area contributed by atoms with E-state index in [4.69, 9.17) is 28.1 Å². The molecule has 0 saturated carbocycles. The summed E-state index contributed by atoms with van der Waals surface area (Å²) in [5, 5.41) is 1.71. The third-order valence-electron chi connectivity index (χ3n) is 10.3. The first-order chi connectivity index (χ1) is 20.8. The lowest BCUT2D eigenvalue weighted by atomic mass is 9.94. The van der Waals surface area contributed by atoms with Gasteiger partial charge in [-0.1, -0.05) is 84.1 Å². The molecule has 0 spiro atoms. The van der Waals surface area contributed by atoms with Crippen molar-refractivity contribution >= 4 is 16.4 Å². The van der Waals surface area contributed by atoms with Gasteiger partial charge < -0.3 is 28.1 Å². The van der Waals surface area contributed by atoms with Crippen LogP contribution >= 0.6 is 0 Å². The molecule has 6 nitrogen and oxygen atoms in total. The Balaban J connectivity index is 1.80. The van der Waals surface area contributed by atoms with Gasteiger partial charge in [0.25, 0.3) is 0 Å². The molecule has 2 heterocycles. The van der Waals surface area contributed by atoms with Crippen molar-refractivity contribution in [3.8, 4) is 5.75 Å². The largest absolute Gasteiger partial charge is 0.497 e. The minimum absolute atomic E-state index is 0.0245. The highest BCUT2D eigenvalue weighted by Gasteiger charge is 2.45. The fraction of sp³-hybridized carbons (Fsp3) is 0.784. The second-order valence-electron chi connectivity index (χ2n) is 16.5. The third kappa shape index (κ3) is 11.0. The van der Waals surface area contributed by atoms with Crippen LogP contribution in [0.4, 0.5) is 0 Å². The van der Waals surface area contributed by atoms with Gasteiger partial charge in [0.1, 0.15) is 5.75 Å². The van der Waals surface area contributed by atoms with Gasteiger partial charge >= 0.3 is 0 Å². The standard InChI is InChI=1S/C37H66O6Si2/c1-14-21-36(6)25-34(39-27-29-15-17-30(38-8)18-16-29)32(42-36)20-19-31(44(9,10)11)24-28(2)33(26-37(7)40-22-23-41-37)43-45(12,13)35(3,4)5/h15-18,24,28,32-34H,14,19-23,25-27H2,1-13H3/b31-24-/t28-,32+,33+,34-,36-/m1/s1. The van der Waals surface area contributed by atoms with E-state index in [2.05, 4.69) is 99.4 Å². The summed E-state index contributed by atoms with van der Waals surface area (Å²) < 4.78 is 38.1. The number of methoxy groups -OCH3 is 1. The average Bonchev–Trinajstić information content (AvgIpc) is 3.50. The molecule has 0 N–H and O–H groups in total. The van der Waals surface area contributed by atoms with E-state index in [1.54, 1.807) is 12.3 Å². The minimum atomic E-state index is -2.02. The number of hydrogen-bond acceptors (Lipinski definition) is 6. The van der Waals surface area contributed by atoms with Crippen molar-refractivity contribution in [2.75, 3.05) is 20.3 Å². The van der Waals surface area contributed by atoms with Gasteiger partial charge in [0, 0.05) is 12.8 Å². The Morgan fingerprint density at radius 2 is 1.67 bits per heavy atom. The summed E-state index contributed by atoms with van der Waals surface area (Å²) >= 11 is 0. The fourth-order valence-electron chi connectivity index (χ4n) is 6.43. The van der Waals surface area contributed by atoms with Crippen molar-refractivity contribution in [1.82, 2.24) is 0 Å². The minimum Gasteiger partial charge on any atom is -0.497 e. The quantitative estimate of drug-likeness (QED) is 0.164. The van der Waals surface area contributed by atoms with E-state index in [0.29, 0.717) is 19.8 Å². The first-order valence-corrected chi connectivity index (χ1v) is 23.8. The van der Waals surface area contributed by atoms with E-state index in [-0.39, 0.29) is 34.9 Å². The average molecular weight is 663 g/mol. The lowest BCUT2D eigenvalue weighted by Crippen LogP contribution is -2.47. The highest BCUT2D eigenvalue weighted by Crippen LogP contribution is 2.42. The van der Waals surface area contributed by atoms with E-state index in [0.717, 1.165) is 49.8 Å². The van der Waals surface area contributed by atoms with Gasteiger partial charge in [-0.2, -0.15) is 0 Å². The molecule has 258 valence electrons. The molecule has 2 aliphatic rings. The molecule has 8 heteroatoms. The summed E-state index contributed by atoms with van der Waals surface area (Å²) in [5.41, 5.74) is 1.02. The number of rotatable bonds is 16. The number of allylic oxidation sites excluding steroid dienone is 1. The second-order valence-corrected chi connectivity index (χ2v) is 26.4. The summed E-state index contributed by atoms with van der Waals surface area (Å²) in [7, 11) is -1.95. The predicted molar refractivity (Wildman–Crippen MR) is 191 cm³/mol. The molecule has 0 bridgehead atoms. The molecule has 45 heavy (non-hydrogen) atoms. The van der Waals surface area contributed by atoms with Crippen molar-refractivity contribution < 1.29 is 28.1 Å². The van der Waals surface area contributed by atoms with Gasteiger partial charge in [-0.25, -0.2) is 0 Å². The van der Waals surface area contributed by atoms with E-state index in [1.807, 2.05) is 12.1 Å². The van der Waals surface area contributed by atoms with Crippen LogP contribution in [-0.2, 0) is 30.0 Å². The van der Waals surface area contributed by atoms with Crippen molar-refractivity contribution in [3.63, 3.8) is 0 Å². The Morgan fingerprint density at radius 3 is 2.20 bits per heavy atom. The van der Waals surface area contributed by atoms with Crippen LogP contribution in [-0.4, -0.2) is 66.4 Å². The molecule has 2 aliphatic heterocycles. The van der Waals surface area contributed by atoms with Gasteiger partial charge in [-0.3, -0.25) is 0 Å². The zero-order valence-electron chi connectivity index (χ0n) is 31.0. The first-order valence-electron chi connectivity index (χ1n) is 17.4. The van der Waals surface area contributed by atoms with E-state index < -0.39 is 22.2 Å². The molecule has 5 atom stereocenters. The molecule has 2 saturated heterocycles. The Hall–Kier alpha value is -1.01. The Kier molecular flexibility index (Phi) is 13.2. The van der Waals surface area contributed by atoms with Gasteiger partial charge in [-0.15, -0.1) is 0 Å². The zero-order valence-corrected chi connectivity index (χ0v) is 33.0. The molecule has 0 amide bonds. The van der Waals surface area contributed by atoms with Gasteiger partial charge in [0.15, 0.2) is 14.1 Å². The van der Waals surface area contributed by atoms with E-state index in [9.17, 15) is 0 Å². The summed E-state index contributed by atoms with van der Waals surface area (Å²) in [6.45, 7) is 29.9. The predicted octanol–water partition coefficient (Wildman–Crippen LogP) is 9.69. The van der Waals surface area contributed by atoms with Crippen LogP contribution in [0, 0.1) is 5.92 Å². The third-order valence-corrected chi connectivity index (χ3v) is 17.2. The smallest absolute Gasteiger partial charge is 0.192 e. The lowest BCUT2D eigenvalue weighted by molar-refractivity contribution is -0.163. The van der Waals surface area contributed by atoms with Crippen LogP contribution in [0.1, 0.15) is 92.6 Å². The van der Waals surface area contributed by atoms with Gasteiger partial charge in [0.05, 0.1) is 58.9 Å². The zero-order chi connectivity index (χ0) is 33.7. The normalized spacial score (nSPS) is 25.8. The maximum absolute atomic E-state index is 7.14. The Bertz CT molecular complexity index is 1080. The van der Waals surface area contributed by atoms with Crippen molar-refractivity contribution in [2.24, 2.45) is 5.92 Å². The summed E-state index contributed by atoms with van der Waals surface area (Å²) in [6, 6.07) is 8.18. The van der Waals surface area contributed by atoms with Crippen molar-refractivity contribution in [2.45, 2.75) is 161 Å². The molecular formula is C37H66O6Si2. The molecule has 2 fully saturated rings. The summed E-state index contributed by atoms with van der Waals surface area (Å²) in [4.78, 5) is 0. The van der Waals surface area contributed by atoms with E-state index in [1.165, 1.54) is 0 Å². The fourth-order valence-corrected chi connectivity index (χ4v) is 9.50. The van der Waals surface area contributed by atoms with Crippen LogP contribution < -0.4 is 4.74 Å². The Labute approximate surface area is 278 Å². The molecule has 0 unspecified atom stereocenters. The second kappa shape index (κ2) is 15.5. The van der Waals surface area contributed by atoms with Gasteiger partial charge in [0.2, 0.25) is 0 Å². The number of hydrogen-bond donors (Lipinski definition) is 0. The SMILES string of the molecule is CCC[C@]1(C)C[C@@H](OCc2ccc(OC)cc2)[C@H](CC/C(=C/[C@@H](C)[C@H](CC2(C)OCCO2)O[Si](C)(C)C(C)(C)C)[Si](C)(C)C)O1. The van der Waals surface area contributed by atoms with Gasteiger partial charge in [-0.05, 0) is 74.9 Å². The lowest BCUT2D eigenvalue weighted by Gasteiger charge is -2.42. The molecule has 0 aromatic heterocycles. The van der Waals surface area contributed by atoms with E-state index >= 15 is 0 Å². The number of ether oxygens (including phenoxy) is 5. The van der Waals surface area contributed by atoms with Crippen molar-refractivity contribution in [1.29, 1.82) is 0 Å². The topological polar surface area (TPSA) is 55.4 Å². The maximum atomic E-state index is 7.14. The van der Waals surface area contributed by atoms with Crippen LogP contribution in [0.3, 0.4) is 0 Å². The summed E-state index contributed by atoms with van der Waals surface area (Å²) in [6.07, 6.45) is 8.54. The molecule has 1 aromatic rings. The molecule has 1 aromatic carbocycles. The molecule has 0 aliphatic carbocycles. The van der Waals surface area contributed by atoms with Crippen LogP contribution in [0.15, 0.2) is 35.5 Å².